The van der Waals surface area contributed by atoms with E-state index in [1.807, 2.05) is 0 Å². The van der Waals surface area contributed by atoms with E-state index in [2.05, 4.69) is 44.9 Å². The summed E-state index contributed by atoms with van der Waals surface area (Å²) in [4.78, 5) is 12.2. The number of amides is 1. The van der Waals surface area contributed by atoms with E-state index in [0.29, 0.717) is 17.1 Å². The largest absolute Gasteiger partial charge is 0.325 e. The first-order valence-corrected chi connectivity index (χ1v) is 7.40. The van der Waals surface area contributed by atoms with Crippen LogP contribution < -0.4 is 11.1 Å². The topological polar surface area (TPSA) is 55.1 Å². The molecule has 3 nitrogen and oxygen atoms in total. The number of anilines is 1. The van der Waals surface area contributed by atoms with Crippen LogP contribution in [-0.2, 0) is 4.79 Å². The summed E-state index contributed by atoms with van der Waals surface area (Å²) in [6.45, 7) is 8.73. The predicted octanol–water partition coefficient (Wildman–Crippen LogP) is 3.66. The lowest BCUT2D eigenvalue weighted by atomic mass is 9.80. The number of carbonyl (C=O) groups excluding carboxylic acids is 1. The maximum absolute atomic E-state index is 12.2. The predicted molar refractivity (Wildman–Crippen MR) is 89.3 cm³/mol. The Morgan fingerprint density at radius 2 is 2.10 bits per heavy atom. The smallest absolute Gasteiger partial charge is 0.224 e. The van der Waals surface area contributed by atoms with Gasteiger partial charge in [-0.3, -0.25) is 4.79 Å². The van der Waals surface area contributed by atoms with Crippen LogP contribution in [-0.4, -0.2) is 12.5 Å². The molecule has 4 heteroatoms. The first-order chi connectivity index (χ1) is 9.74. The second-order valence-electron chi connectivity index (χ2n) is 6.22. The van der Waals surface area contributed by atoms with Gasteiger partial charge < -0.3 is 11.1 Å². The third kappa shape index (κ3) is 5.79. The minimum Gasteiger partial charge on any atom is -0.325 e. The molecule has 0 bridgehead atoms. The van der Waals surface area contributed by atoms with E-state index in [0.717, 1.165) is 5.56 Å². The molecule has 3 N–H and O–H groups in total. The summed E-state index contributed by atoms with van der Waals surface area (Å²) in [5, 5.41) is 3.46. The van der Waals surface area contributed by atoms with Gasteiger partial charge in [-0.05, 0) is 29.5 Å². The van der Waals surface area contributed by atoms with Gasteiger partial charge in [0.25, 0.3) is 0 Å². The molecule has 0 aliphatic heterocycles. The van der Waals surface area contributed by atoms with Gasteiger partial charge in [0.05, 0.1) is 12.2 Å². The van der Waals surface area contributed by atoms with Crippen molar-refractivity contribution >= 4 is 23.2 Å². The van der Waals surface area contributed by atoms with Crippen LogP contribution in [0.1, 0.15) is 39.7 Å². The molecule has 1 amide bonds. The van der Waals surface area contributed by atoms with Gasteiger partial charge in [0.2, 0.25) is 5.91 Å². The van der Waals surface area contributed by atoms with Crippen molar-refractivity contribution in [3.05, 3.63) is 28.8 Å². The fraction of sp³-hybridized carbons (Fsp3) is 0.471. The number of rotatable bonds is 3. The highest BCUT2D eigenvalue weighted by atomic mass is 35.5. The number of halogens is 1. The number of hydrogen-bond donors (Lipinski definition) is 2. The molecule has 21 heavy (non-hydrogen) atoms. The fourth-order valence-corrected chi connectivity index (χ4v) is 1.83. The molecule has 0 radical (unpaired) electrons. The summed E-state index contributed by atoms with van der Waals surface area (Å²) in [5.41, 5.74) is 6.83. The summed E-state index contributed by atoms with van der Waals surface area (Å²) < 4.78 is 0. The van der Waals surface area contributed by atoms with Gasteiger partial charge >= 0.3 is 0 Å². The van der Waals surface area contributed by atoms with Gasteiger partial charge in [0.15, 0.2) is 0 Å². The van der Waals surface area contributed by atoms with Crippen molar-refractivity contribution in [3.8, 4) is 11.8 Å². The van der Waals surface area contributed by atoms with Gasteiger partial charge in [-0.2, -0.15) is 0 Å². The Hall–Kier alpha value is -1.50. The molecular weight excluding hydrogens is 284 g/mol. The first-order valence-electron chi connectivity index (χ1n) is 7.02. The van der Waals surface area contributed by atoms with E-state index in [1.165, 1.54) is 0 Å². The Morgan fingerprint density at radius 3 is 2.67 bits per heavy atom. The zero-order valence-electron chi connectivity index (χ0n) is 13.1. The van der Waals surface area contributed by atoms with Gasteiger partial charge in [0, 0.05) is 17.0 Å². The molecule has 1 atom stereocenters. The van der Waals surface area contributed by atoms with Gasteiger partial charge in [-0.25, -0.2) is 0 Å². The highest BCUT2D eigenvalue weighted by molar-refractivity contribution is 6.31. The Bertz CT molecular complexity index is 564. The lowest BCUT2D eigenvalue weighted by Crippen LogP contribution is -2.24. The van der Waals surface area contributed by atoms with Crippen LogP contribution in [0.4, 0.5) is 5.69 Å². The lowest BCUT2D eigenvalue weighted by Gasteiger charge is -2.26. The van der Waals surface area contributed by atoms with Crippen LogP contribution in [0.2, 0.25) is 5.02 Å². The van der Waals surface area contributed by atoms with E-state index >= 15 is 0 Å². The second kappa shape index (κ2) is 7.49. The third-order valence-electron chi connectivity index (χ3n) is 3.55. The molecule has 0 aromatic heterocycles. The molecule has 1 aromatic carbocycles. The summed E-state index contributed by atoms with van der Waals surface area (Å²) in [5.74, 6) is 5.97. The van der Waals surface area contributed by atoms with Crippen molar-refractivity contribution in [3.63, 3.8) is 0 Å². The summed E-state index contributed by atoms with van der Waals surface area (Å²) in [6.07, 6.45) is 0.458. The highest BCUT2D eigenvalue weighted by Gasteiger charge is 2.22. The summed E-state index contributed by atoms with van der Waals surface area (Å²) in [7, 11) is 0. The zero-order valence-corrected chi connectivity index (χ0v) is 13.8. The van der Waals surface area contributed by atoms with Crippen molar-refractivity contribution in [2.45, 2.75) is 34.1 Å². The van der Waals surface area contributed by atoms with Crippen molar-refractivity contribution in [2.24, 2.45) is 17.1 Å². The zero-order chi connectivity index (χ0) is 16.0. The minimum atomic E-state index is -0.0320. The summed E-state index contributed by atoms with van der Waals surface area (Å²) >= 11 is 5.99. The molecule has 0 spiro atoms. The highest BCUT2D eigenvalue weighted by Crippen LogP contribution is 2.28. The normalized spacial score (nSPS) is 12.3. The van der Waals surface area contributed by atoms with Crippen molar-refractivity contribution in [2.75, 3.05) is 11.9 Å². The Morgan fingerprint density at radius 1 is 1.43 bits per heavy atom. The van der Waals surface area contributed by atoms with E-state index in [9.17, 15) is 4.79 Å². The van der Waals surface area contributed by atoms with E-state index < -0.39 is 0 Å². The average molecular weight is 307 g/mol. The Kier molecular flexibility index (Phi) is 6.26. The molecule has 0 aliphatic rings. The quantitative estimate of drug-likeness (QED) is 0.837. The lowest BCUT2D eigenvalue weighted by molar-refractivity contribution is -0.117. The number of hydrogen-bond acceptors (Lipinski definition) is 2. The van der Waals surface area contributed by atoms with Crippen LogP contribution >= 0.6 is 11.6 Å². The molecule has 1 rings (SSSR count). The van der Waals surface area contributed by atoms with Crippen LogP contribution in [0.3, 0.4) is 0 Å². The molecule has 0 heterocycles. The maximum Gasteiger partial charge on any atom is 0.224 e. The van der Waals surface area contributed by atoms with Crippen LogP contribution in [0.5, 0.6) is 0 Å². The van der Waals surface area contributed by atoms with Crippen molar-refractivity contribution in [1.29, 1.82) is 0 Å². The number of nitrogens with one attached hydrogen (secondary N) is 1. The average Bonchev–Trinajstić information content (AvgIpc) is 2.36. The second-order valence-corrected chi connectivity index (χ2v) is 6.65. The van der Waals surface area contributed by atoms with Gasteiger partial charge in [-0.15, -0.1) is 0 Å². The Labute approximate surface area is 132 Å². The molecule has 0 saturated carbocycles. The van der Waals surface area contributed by atoms with Crippen LogP contribution in [0, 0.1) is 23.2 Å². The first kappa shape index (κ1) is 17.6. The monoisotopic (exact) mass is 306 g/mol. The van der Waals surface area contributed by atoms with Crippen molar-refractivity contribution in [1.82, 2.24) is 0 Å². The Balaban J connectivity index is 2.87. The fourth-order valence-electron chi connectivity index (χ4n) is 1.66. The SMILES string of the molecule is CC(CC(=O)Nc1cc(Cl)ccc1C#CCN)C(C)(C)C. The van der Waals surface area contributed by atoms with E-state index in [4.69, 9.17) is 17.3 Å². The standard InChI is InChI=1S/C17H23ClN2O/c1-12(17(2,3)4)10-16(21)20-15-11-14(18)8-7-13(15)6-5-9-19/h7-8,11-12H,9-10,19H2,1-4H3,(H,20,21). The molecule has 1 aromatic rings. The number of benzene rings is 1. The number of nitrogens with two attached hydrogens (primary N) is 1. The van der Waals surface area contributed by atoms with Crippen LogP contribution in [0.15, 0.2) is 18.2 Å². The number of carbonyl (C=O) groups is 1. The van der Waals surface area contributed by atoms with Gasteiger partial charge in [0.1, 0.15) is 0 Å². The molecule has 114 valence electrons. The van der Waals surface area contributed by atoms with E-state index in [-0.39, 0.29) is 23.8 Å². The minimum absolute atomic E-state index is 0.0320. The van der Waals surface area contributed by atoms with Gasteiger partial charge in [-0.1, -0.05) is 51.1 Å². The molecule has 0 fully saturated rings. The molecular formula is C17H23ClN2O. The van der Waals surface area contributed by atoms with E-state index in [1.54, 1.807) is 18.2 Å². The molecule has 1 unspecified atom stereocenters. The maximum atomic E-state index is 12.2. The third-order valence-corrected chi connectivity index (χ3v) is 3.79. The summed E-state index contributed by atoms with van der Waals surface area (Å²) in [6, 6.07) is 5.24. The van der Waals surface area contributed by atoms with Crippen LogP contribution in [0.25, 0.3) is 0 Å². The molecule has 0 saturated heterocycles. The molecule has 0 aliphatic carbocycles. The van der Waals surface area contributed by atoms with Crippen molar-refractivity contribution < 1.29 is 4.79 Å².